The van der Waals surface area contributed by atoms with Gasteiger partial charge in [-0.05, 0) is 27.7 Å². The Morgan fingerprint density at radius 2 is 1.79 bits per heavy atom. The first-order valence-electron chi connectivity index (χ1n) is 5.94. The average Bonchev–Trinajstić information content (AvgIpc) is 2.73. The second-order valence-electron chi connectivity index (χ2n) is 4.69. The second-order valence-corrected chi connectivity index (χ2v) is 4.69. The summed E-state index contributed by atoms with van der Waals surface area (Å²) in [4.78, 5) is 41.4. The van der Waals surface area contributed by atoms with Gasteiger partial charge in [0, 0.05) is 6.04 Å². The molecule has 1 aromatic rings. The molecule has 0 N–H and O–H groups in total. The SMILES string of the molecule is Cc1nc(CN2C(=O)C(=O)N(C(C)C)C2=O)oc1C. The third-order valence-corrected chi connectivity index (χ3v) is 2.97. The fraction of sp³-hybridized carbons (Fsp3) is 0.500. The van der Waals surface area contributed by atoms with E-state index in [2.05, 4.69) is 4.98 Å². The fourth-order valence-corrected chi connectivity index (χ4v) is 1.86. The summed E-state index contributed by atoms with van der Waals surface area (Å²) in [5.74, 6) is -0.775. The number of carbonyl (C=O) groups is 3. The molecule has 0 radical (unpaired) electrons. The largest absolute Gasteiger partial charge is 0.444 e. The van der Waals surface area contributed by atoms with E-state index in [9.17, 15) is 14.4 Å². The molecule has 0 aromatic carbocycles. The van der Waals surface area contributed by atoms with Gasteiger partial charge in [-0.1, -0.05) is 0 Å². The van der Waals surface area contributed by atoms with Crippen molar-refractivity contribution in [1.29, 1.82) is 0 Å². The summed E-state index contributed by atoms with van der Waals surface area (Å²) in [5.41, 5.74) is 0.695. The fourth-order valence-electron chi connectivity index (χ4n) is 1.86. The number of amides is 4. The van der Waals surface area contributed by atoms with Crippen LogP contribution in [-0.2, 0) is 16.1 Å². The van der Waals surface area contributed by atoms with Crippen LogP contribution < -0.4 is 0 Å². The lowest BCUT2D eigenvalue weighted by atomic mass is 10.3. The number of oxazole rings is 1. The first kappa shape index (κ1) is 13.3. The summed E-state index contributed by atoms with van der Waals surface area (Å²) >= 11 is 0. The van der Waals surface area contributed by atoms with Crippen LogP contribution in [0.15, 0.2) is 4.42 Å². The standard InChI is InChI=1S/C12H15N3O4/c1-6(2)15-11(17)10(16)14(12(15)18)5-9-13-7(3)8(4)19-9/h6H,5H2,1-4H3. The van der Waals surface area contributed by atoms with Crippen LogP contribution in [0.25, 0.3) is 0 Å². The molecule has 7 heteroatoms. The number of hydrogen-bond donors (Lipinski definition) is 0. The maximum atomic E-state index is 12.0. The van der Waals surface area contributed by atoms with Gasteiger partial charge in [-0.3, -0.25) is 14.5 Å². The molecule has 2 heterocycles. The van der Waals surface area contributed by atoms with Crippen molar-refractivity contribution >= 4 is 17.8 Å². The van der Waals surface area contributed by atoms with Gasteiger partial charge in [0.1, 0.15) is 12.3 Å². The topological polar surface area (TPSA) is 83.7 Å². The van der Waals surface area contributed by atoms with E-state index in [1.165, 1.54) is 0 Å². The molecule has 1 saturated heterocycles. The molecule has 0 bridgehead atoms. The number of imide groups is 2. The predicted octanol–water partition coefficient (Wildman–Crippen LogP) is 0.991. The Morgan fingerprint density at radius 1 is 1.16 bits per heavy atom. The van der Waals surface area contributed by atoms with Crippen molar-refractivity contribution in [2.75, 3.05) is 0 Å². The van der Waals surface area contributed by atoms with Crippen molar-refractivity contribution in [2.24, 2.45) is 0 Å². The van der Waals surface area contributed by atoms with Crippen LogP contribution in [0, 0.1) is 13.8 Å². The lowest BCUT2D eigenvalue weighted by molar-refractivity contribution is -0.144. The van der Waals surface area contributed by atoms with E-state index >= 15 is 0 Å². The van der Waals surface area contributed by atoms with Gasteiger partial charge >= 0.3 is 17.8 Å². The van der Waals surface area contributed by atoms with E-state index in [0.717, 1.165) is 9.80 Å². The van der Waals surface area contributed by atoms with Gasteiger partial charge in [0.05, 0.1) is 5.69 Å². The van der Waals surface area contributed by atoms with Gasteiger partial charge in [-0.2, -0.15) is 0 Å². The molecule has 102 valence electrons. The predicted molar refractivity (Wildman–Crippen MR) is 63.9 cm³/mol. The molecule has 1 fully saturated rings. The minimum atomic E-state index is -0.841. The van der Waals surface area contributed by atoms with Crippen LogP contribution in [-0.4, -0.2) is 38.7 Å². The van der Waals surface area contributed by atoms with Crippen LogP contribution in [0.2, 0.25) is 0 Å². The quantitative estimate of drug-likeness (QED) is 0.601. The van der Waals surface area contributed by atoms with E-state index in [0.29, 0.717) is 11.5 Å². The lowest BCUT2D eigenvalue weighted by Crippen LogP contribution is -2.37. The zero-order valence-corrected chi connectivity index (χ0v) is 11.3. The molecule has 0 atom stereocenters. The van der Waals surface area contributed by atoms with E-state index in [1.807, 2.05) is 0 Å². The monoisotopic (exact) mass is 265 g/mol. The Labute approximate surface area is 110 Å². The highest BCUT2D eigenvalue weighted by Gasteiger charge is 2.46. The number of hydrogen-bond acceptors (Lipinski definition) is 5. The number of aromatic nitrogens is 1. The van der Waals surface area contributed by atoms with Crippen LogP contribution in [0.5, 0.6) is 0 Å². The summed E-state index contributed by atoms with van der Waals surface area (Å²) in [7, 11) is 0. The maximum Gasteiger partial charge on any atom is 0.334 e. The van der Waals surface area contributed by atoms with Crippen molar-refractivity contribution in [3.8, 4) is 0 Å². The maximum absolute atomic E-state index is 12.0. The van der Waals surface area contributed by atoms with Gasteiger partial charge in [0.2, 0.25) is 5.89 Å². The zero-order valence-electron chi connectivity index (χ0n) is 11.3. The van der Waals surface area contributed by atoms with Crippen molar-refractivity contribution < 1.29 is 18.8 Å². The Hall–Kier alpha value is -2.18. The Bertz CT molecular complexity index is 542. The Balaban J connectivity index is 2.24. The van der Waals surface area contributed by atoms with Crippen LogP contribution >= 0.6 is 0 Å². The number of rotatable bonds is 3. The molecule has 0 aliphatic carbocycles. The minimum absolute atomic E-state index is 0.124. The third-order valence-electron chi connectivity index (χ3n) is 2.97. The number of nitrogens with zero attached hydrogens (tertiary/aromatic N) is 3. The van der Waals surface area contributed by atoms with Crippen LogP contribution in [0.1, 0.15) is 31.2 Å². The van der Waals surface area contributed by atoms with Gasteiger partial charge in [0.25, 0.3) is 0 Å². The molecule has 0 unspecified atom stereocenters. The normalized spacial score (nSPS) is 16.2. The lowest BCUT2D eigenvalue weighted by Gasteiger charge is -2.17. The van der Waals surface area contributed by atoms with Gasteiger partial charge in [-0.15, -0.1) is 0 Å². The highest BCUT2D eigenvalue weighted by atomic mass is 16.4. The summed E-state index contributed by atoms with van der Waals surface area (Å²) in [6.07, 6.45) is 0. The van der Waals surface area contributed by atoms with Crippen molar-refractivity contribution in [2.45, 2.75) is 40.3 Å². The highest BCUT2D eigenvalue weighted by Crippen LogP contribution is 2.19. The van der Waals surface area contributed by atoms with Crippen LogP contribution in [0.3, 0.4) is 0 Å². The smallest absolute Gasteiger partial charge is 0.334 e. The van der Waals surface area contributed by atoms with Gasteiger partial charge in [0.15, 0.2) is 0 Å². The molecule has 2 rings (SSSR count). The molecular formula is C12H15N3O4. The Morgan fingerprint density at radius 3 is 2.21 bits per heavy atom. The molecule has 1 aliphatic rings. The molecule has 19 heavy (non-hydrogen) atoms. The van der Waals surface area contributed by atoms with Crippen LogP contribution in [0.4, 0.5) is 4.79 Å². The molecule has 4 amide bonds. The second kappa shape index (κ2) is 4.49. The molecule has 0 saturated carbocycles. The minimum Gasteiger partial charge on any atom is -0.444 e. The van der Waals surface area contributed by atoms with Crippen molar-refractivity contribution in [1.82, 2.24) is 14.8 Å². The first-order valence-corrected chi connectivity index (χ1v) is 5.94. The van der Waals surface area contributed by atoms with E-state index in [4.69, 9.17) is 4.42 Å². The van der Waals surface area contributed by atoms with E-state index in [1.54, 1.807) is 27.7 Å². The summed E-state index contributed by atoms with van der Waals surface area (Å²) in [5, 5.41) is 0. The molecule has 1 aromatic heterocycles. The third kappa shape index (κ3) is 2.11. The summed E-state index contributed by atoms with van der Waals surface area (Å²) in [6, 6.07) is -0.986. The highest BCUT2D eigenvalue weighted by molar-refractivity contribution is 6.44. The van der Waals surface area contributed by atoms with Gasteiger partial charge in [-0.25, -0.2) is 14.7 Å². The molecular weight excluding hydrogens is 250 g/mol. The number of aryl methyl sites for hydroxylation is 2. The molecule has 1 aliphatic heterocycles. The summed E-state index contributed by atoms with van der Waals surface area (Å²) in [6.45, 7) is 6.73. The van der Waals surface area contributed by atoms with E-state index < -0.39 is 17.8 Å². The first-order chi connectivity index (χ1) is 8.82. The Kier molecular flexibility index (Phi) is 3.13. The number of urea groups is 1. The summed E-state index contributed by atoms with van der Waals surface area (Å²) < 4.78 is 5.32. The van der Waals surface area contributed by atoms with E-state index in [-0.39, 0.29) is 18.5 Å². The molecule has 7 nitrogen and oxygen atoms in total. The number of carbonyl (C=O) groups excluding carboxylic acids is 3. The van der Waals surface area contributed by atoms with Gasteiger partial charge < -0.3 is 4.42 Å². The average molecular weight is 265 g/mol. The van der Waals surface area contributed by atoms with Crippen molar-refractivity contribution in [3.05, 3.63) is 17.3 Å². The zero-order chi connectivity index (χ0) is 14.3. The van der Waals surface area contributed by atoms with Crippen molar-refractivity contribution in [3.63, 3.8) is 0 Å². The molecule has 0 spiro atoms.